The number of pyridine rings is 1. The summed E-state index contributed by atoms with van der Waals surface area (Å²) in [7, 11) is 1.69. The maximum atomic E-state index is 8.12. The second kappa shape index (κ2) is 11.2. The van der Waals surface area contributed by atoms with Crippen molar-refractivity contribution in [3.8, 4) is 33.3 Å². The number of hydrogen-bond donors (Lipinski definition) is 0. The van der Waals surface area contributed by atoms with Crippen LogP contribution in [0.3, 0.4) is 0 Å². The zero-order chi connectivity index (χ0) is 24.8. The first-order valence-electron chi connectivity index (χ1n) is 10.6. The van der Waals surface area contributed by atoms with E-state index in [9.17, 15) is 0 Å². The Morgan fingerprint density at radius 1 is 1.03 bits per heavy atom. The first-order chi connectivity index (χ1) is 16.2. The van der Waals surface area contributed by atoms with Crippen LogP contribution in [0.1, 0.15) is 30.9 Å². The highest BCUT2D eigenvalue weighted by Gasteiger charge is 2.19. The third kappa shape index (κ3) is 5.99. The molecule has 0 aliphatic heterocycles. The molecule has 0 radical (unpaired) electrons. The first kappa shape index (κ1) is 25.4. The van der Waals surface area contributed by atoms with Gasteiger partial charge in [0.1, 0.15) is 5.75 Å². The van der Waals surface area contributed by atoms with E-state index in [0.29, 0.717) is 5.25 Å². The monoisotopic (exact) mass is 494 g/mol. The molecule has 0 amide bonds. The molecule has 4 rings (SSSR count). The Hall–Kier alpha value is -3.26. The van der Waals surface area contributed by atoms with Gasteiger partial charge in [-0.2, -0.15) is 14.7 Å². The molecule has 3 heterocycles. The first-order valence-corrected chi connectivity index (χ1v) is 12.3. The zero-order valence-electron chi connectivity index (χ0n) is 19.9. The van der Waals surface area contributed by atoms with E-state index in [1.54, 1.807) is 18.4 Å². The molecule has 7 nitrogen and oxygen atoms in total. The van der Waals surface area contributed by atoms with Crippen molar-refractivity contribution < 1.29 is 14.3 Å². The van der Waals surface area contributed by atoms with Gasteiger partial charge in [-0.15, -0.1) is 11.8 Å². The lowest BCUT2D eigenvalue weighted by molar-refractivity contribution is -0.191. The summed E-state index contributed by atoms with van der Waals surface area (Å²) in [5.74, 6) is 0.827. The van der Waals surface area contributed by atoms with Gasteiger partial charge in [-0.05, 0) is 50.6 Å². The molecule has 1 aromatic carbocycles. The smallest absolute Gasteiger partial charge is 0.373 e. The maximum Gasteiger partial charge on any atom is 0.373 e. The molecular formula is C25H26N4O3S2. The number of thioether (sulfide) groups is 1. The average Bonchev–Trinajstić information content (AvgIpc) is 3.37. The van der Waals surface area contributed by atoms with Crippen molar-refractivity contribution in [1.82, 2.24) is 19.7 Å². The largest absolute Gasteiger partial charge is 0.497 e. The van der Waals surface area contributed by atoms with Crippen molar-refractivity contribution in [3.05, 3.63) is 59.7 Å². The van der Waals surface area contributed by atoms with E-state index in [2.05, 4.69) is 43.2 Å². The molecule has 0 bridgehead atoms. The fourth-order valence-electron chi connectivity index (χ4n) is 3.47. The van der Waals surface area contributed by atoms with Gasteiger partial charge >= 0.3 is 6.15 Å². The summed E-state index contributed by atoms with van der Waals surface area (Å²) in [5, 5.41) is 6.10. The Labute approximate surface area is 207 Å². The third-order valence-corrected chi connectivity index (χ3v) is 7.02. The number of hydrogen-bond acceptors (Lipinski definition) is 8. The fourth-order valence-corrected chi connectivity index (χ4v) is 5.92. The number of ether oxygens (including phenoxy) is 1. The SMILES string of the molecule is COc1cccc(-c2nc(-n3cc(-c4cc(C)nc(C)c4)c(C)n3)sc2SC(C)C)c1.O=C=O. The molecule has 34 heavy (non-hydrogen) atoms. The van der Waals surface area contributed by atoms with Crippen molar-refractivity contribution in [2.24, 2.45) is 0 Å². The minimum atomic E-state index is 0.250. The summed E-state index contributed by atoms with van der Waals surface area (Å²) in [5.41, 5.74) is 7.25. The molecule has 0 fully saturated rings. The molecule has 0 aliphatic rings. The predicted octanol–water partition coefficient (Wildman–Crippen LogP) is 5.91. The van der Waals surface area contributed by atoms with Crippen LogP contribution in [-0.4, -0.2) is 38.3 Å². The van der Waals surface area contributed by atoms with E-state index >= 15 is 0 Å². The van der Waals surface area contributed by atoms with Gasteiger partial charge in [0, 0.05) is 34.0 Å². The Kier molecular flexibility index (Phi) is 8.39. The van der Waals surface area contributed by atoms with Gasteiger partial charge in [-0.1, -0.05) is 37.3 Å². The van der Waals surface area contributed by atoms with E-state index in [4.69, 9.17) is 24.4 Å². The van der Waals surface area contributed by atoms with Crippen molar-refractivity contribution in [2.75, 3.05) is 7.11 Å². The standard InChI is InChI=1S/C24H26N4OS2.CO2/c1-14(2)30-23-22(18-8-7-9-20(12-18)29-6)26-24(31-23)28-13-21(17(5)27-28)19-10-15(3)25-16(4)11-19;2-1-3/h7-14H,1-6H3;. The molecule has 3 aromatic heterocycles. The van der Waals surface area contributed by atoms with Crippen LogP contribution in [-0.2, 0) is 9.59 Å². The summed E-state index contributed by atoms with van der Waals surface area (Å²) in [6.07, 6.45) is 2.32. The van der Waals surface area contributed by atoms with Crippen molar-refractivity contribution in [2.45, 2.75) is 44.1 Å². The highest BCUT2D eigenvalue weighted by atomic mass is 32.2. The number of thiazole rings is 1. The van der Waals surface area contributed by atoms with Crippen molar-refractivity contribution in [1.29, 1.82) is 0 Å². The van der Waals surface area contributed by atoms with Crippen LogP contribution in [0.5, 0.6) is 5.75 Å². The number of rotatable bonds is 6. The molecule has 0 aliphatic carbocycles. The minimum absolute atomic E-state index is 0.250. The van der Waals surface area contributed by atoms with E-state index in [1.807, 2.05) is 55.4 Å². The van der Waals surface area contributed by atoms with Crippen LogP contribution in [0.2, 0.25) is 0 Å². The van der Waals surface area contributed by atoms with Crippen molar-refractivity contribution in [3.63, 3.8) is 0 Å². The van der Waals surface area contributed by atoms with Crippen molar-refractivity contribution >= 4 is 29.3 Å². The minimum Gasteiger partial charge on any atom is -0.497 e. The van der Waals surface area contributed by atoms with Crippen LogP contribution in [0.15, 0.2) is 46.8 Å². The lowest BCUT2D eigenvalue weighted by Gasteiger charge is -2.06. The summed E-state index contributed by atoms with van der Waals surface area (Å²) >= 11 is 3.50. The Bertz CT molecular complexity index is 1300. The molecule has 9 heteroatoms. The van der Waals surface area contributed by atoms with Crippen LogP contribution in [0.4, 0.5) is 0 Å². The predicted molar refractivity (Wildman–Crippen MR) is 135 cm³/mol. The lowest BCUT2D eigenvalue weighted by atomic mass is 10.1. The molecule has 0 saturated heterocycles. The van der Waals surface area contributed by atoms with Gasteiger partial charge in [-0.25, -0.2) is 9.67 Å². The average molecular weight is 495 g/mol. The number of aromatic nitrogens is 4. The molecule has 0 saturated carbocycles. The van der Waals surface area contributed by atoms with E-state index in [1.165, 1.54) is 4.21 Å². The second-order valence-corrected chi connectivity index (χ2v) is 10.6. The van der Waals surface area contributed by atoms with Gasteiger partial charge in [0.15, 0.2) is 0 Å². The molecular weight excluding hydrogens is 468 g/mol. The molecule has 4 aromatic rings. The fraction of sp³-hybridized carbons (Fsp3) is 0.280. The summed E-state index contributed by atoms with van der Waals surface area (Å²) in [6.45, 7) is 10.5. The molecule has 176 valence electrons. The van der Waals surface area contributed by atoms with E-state index in [-0.39, 0.29) is 6.15 Å². The van der Waals surface area contributed by atoms with Crippen LogP contribution < -0.4 is 4.74 Å². The zero-order valence-corrected chi connectivity index (χ0v) is 21.6. The maximum absolute atomic E-state index is 8.12. The van der Waals surface area contributed by atoms with Gasteiger partial charge in [0.2, 0.25) is 5.13 Å². The number of methoxy groups -OCH3 is 1. The van der Waals surface area contributed by atoms with Gasteiger partial charge in [0.05, 0.1) is 22.7 Å². The van der Waals surface area contributed by atoms with Crippen LogP contribution >= 0.6 is 23.1 Å². The Morgan fingerprint density at radius 3 is 2.32 bits per heavy atom. The van der Waals surface area contributed by atoms with Crippen LogP contribution in [0.25, 0.3) is 27.5 Å². The Balaban J connectivity index is 0.00000103. The number of aryl methyl sites for hydroxylation is 3. The topological polar surface area (TPSA) is 87.0 Å². The molecule has 0 unspecified atom stereocenters. The number of benzene rings is 1. The van der Waals surface area contributed by atoms with E-state index in [0.717, 1.165) is 50.3 Å². The quantitative estimate of drug-likeness (QED) is 0.308. The summed E-state index contributed by atoms with van der Waals surface area (Å²) in [4.78, 5) is 25.7. The number of nitrogens with zero attached hydrogens (tertiary/aromatic N) is 4. The normalized spacial score (nSPS) is 10.6. The third-order valence-electron chi connectivity index (χ3n) is 4.76. The summed E-state index contributed by atoms with van der Waals surface area (Å²) in [6, 6.07) is 12.3. The van der Waals surface area contributed by atoms with Gasteiger partial charge in [-0.3, -0.25) is 4.98 Å². The van der Waals surface area contributed by atoms with Gasteiger partial charge in [0.25, 0.3) is 0 Å². The number of carbonyl (C=O) groups excluding carboxylic acids is 2. The highest BCUT2D eigenvalue weighted by molar-refractivity contribution is 8.01. The second-order valence-electron chi connectivity index (χ2n) is 7.83. The molecule has 0 N–H and O–H groups in total. The van der Waals surface area contributed by atoms with Crippen LogP contribution in [0, 0.1) is 20.8 Å². The lowest BCUT2D eigenvalue weighted by Crippen LogP contribution is -1.94. The molecule has 0 spiro atoms. The van der Waals surface area contributed by atoms with E-state index < -0.39 is 0 Å². The highest BCUT2D eigenvalue weighted by Crippen LogP contribution is 2.40. The van der Waals surface area contributed by atoms with Gasteiger partial charge < -0.3 is 4.74 Å². The summed E-state index contributed by atoms with van der Waals surface area (Å²) < 4.78 is 8.50. The Morgan fingerprint density at radius 2 is 1.71 bits per heavy atom. The molecule has 0 atom stereocenters.